The van der Waals surface area contributed by atoms with E-state index in [0.29, 0.717) is 10.8 Å². The summed E-state index contributed by atoms with van der Waals surface area (Å²) in [5.74, 6) is -1.33. The van der Waals surface area contributed by atoms with Crippen LogP contribution in [-0.2, 0) is 25.5 Å². The standard InChI is InChI=1S/C20H21N3O4S/c1-3-27-19(26)17(24)22-20-21-15(10-28-20)13-6-7-16-14(9-13)8-11(2)23(16)18(25)12-4-5-12/h6-7,9-12H,3-5,8H2,1-2H3,(H,21,22,24). The van der Waals surface area contributed by atoms with Crippen LogP contribution in [0.1, 0.15) is 32.3 Å². The minimum absolute atomic E-state index is 0.142. The number of hydrogen-bond donors (Lipinski definition) is 1. The van der Waals surface area contributed by atoms with E-state index in [1.54, 1.807) is 6.92 Å². The van der Waals surface area contributed by atoms with Crippen molar-refractivity contribution >= 4 is 39.9 Å². The van der Waals surface area contributed by atoms with Crippen molar-refractivity contribution in [2.45, 2.75) is 39.2 Å². The zero-order valence-electron chi connectivity index (χ0n) is 15.7. The Morgan fingerprint density at radius 2 is 2.11 bits per heavy atom. The Hall–Kier alpha value is -2.74. The Bertz CT molecular complexity index is 951. The number of carbonyl (C=O) groups is 3. The molecule has 0 spiro atoms. The quantitative estimate of drug-likeness (QED) is 0.631. The number of ether oxygens (including phenoxy) is 1. The van der Waals surface area contributed by atoms with Gasteiger partial charge in [0.05, 0.1) is 12.3 Å². The maximum Gasteiger partial charge on any atom is 0.397 e. The second-order valence-electron chi connectivity index (χ2n) is 7.09. The summed E-state index contributed by atoms with van der Waals surface area (Å²) >= 11 is 1.24. The molecule has 1 aromatic heterocycles. The van der Waals surface area contributed by atoms with Gasteiger partial charge in [-0.1, -0.05) is 6.07 Å². The normalized spacial score (nSPS) is 17.9. The molecule has 2 amide bonds. The van der Waals surface area contributed by atoms with Gasteiger partial charge in [0.15, 0.2) is 5.13 Å². The molecule has 1 saturated carbocycles. The lowest BCUT2D eigenvalue weighted by Gasteiger charge is -2.22. The van der Waals surface area contributed by atoms with Crippen LogP contribution in [0.4, 0.5) is 10.8 Å². The van der Waals surface area contributed by atoms with E-state index in [1.165, 1.54) is 11.3 Å². The Balaban J connectivity index is 1.51. The molecule has 4 rings (SSSR count). The van der Waals surface area contributed by atoms with Crippen molar-refractivity contribution in [2.75, 3.05) is 16.8 Å². The van der Waals surface area contributed by atoms with Crippen molar-refractivity contribution in [1.29, 1.82) is 0 Å². The average molecular weight is 399 g/mol. The fourth-order valence-electron chi connectivity index (χ4n) is 3.46. The number of nitrogens with one attached hydrogen (secondary N) is 1. The maximum absolute atomic E-state index is 12.6. The number of anilines is 2. The van der Waals surface area contributed by atoms with E-state index in [9.17, 15) is 14.4 Å². The largest absolute Gasteiger partial charge is 0.459 e. The van der Waals surface area contributed by atoms with Crippen molar-refractivity contribution < 1.29 is 19.1 Å². The molecule has 1 aliphatic carbocycles. The van der Waals surface area contributed by atoms with Crippen LogP contribution in [0.5, 0.6) is 0 Å². The molecule has 1 fully saturated rings. The summed E-state index contributed by atoms with van der Waals surface area (Å²) in [6, 6.07) is 6.13. The first-order valence-electron chi connectivity index (χ1n) is 9.38. The van der Waals surface area contributed by atoms with Gasteiger partial charge in [-0.25, -0.2) is 9.78 Å². The smallest absolute Gasteiger partial charge is 0.397 e. The fraction of sp³-hybridized carbons (Fsp3) is 0.400. The molecule has 7 nitrogen and oxygen atoms in total. The zero-order valence-corrected chi connectivity index (χ0v) is 16.5. The lowest BCUT2D eigenvalue weighted by molar-refractivity contribution is -0.152. The SMILES string of the molecule is CCOC(=O)C(=O)Nc1nc(-c2ccc3c(c2)CC(C)N3C(=O)C2CC2)cs1. The summed E-state index contributed by atoms with van der Waals surface area (Å²) < 4.78 is 4.67. The van der Waals surface area contributed by atoms with Gasteiger partial charge in [0.2, 0.25) is 5.91 Å². The molecular weight excluding hydrogens is 378 g/mol. The predicted molar refractivity (Wildman–Crippen MR) is 106 cm³/mol. The predicted octanol–water partition coefficient (Wildman–Crippen LogP) is 3.00. The average Bonchev–Trinajstić information content (AvgIpc) is 3.33. The summed E-state index contributed by atoms with van der Waals surface area (Å²) in [6.07, 6.45) is 2.81. The van der Waals surface area contributed by atoms with E-state index < -0.39 is 11.9 Å². The third-order valence-corrected chi connectivity index (χ3v) is 5.70. The van der Waals surface area contributed by atoms with Gasteiger partial charge in [0.1, 0.15) is 0 Å². The van der Waals surface area contributed by atoms with Crippen LogP contribution < -0.4 is 10.2 Å². The Kier molecular flexibility index (Phi) is 4.89. The van der Waals surface area contributed by atoms with Gasteiger partial charge in [0, 0.05) is 28.6 Å². The third-order valence-electron chi connectivity index (χ3n) is 4.94. The first-order chi connectivity index (χ1) is 13.5. The van der Waals surface area contributed by atoms with Crippen molar-refractivity contribution in [3.63, 3.8) is 0 Å². The molecule has 2 aromatic rings. The molecule has 1 aromatic carbocycles. The lowest BCUT2D eigenvalue weighted by atomic mass is 10.1. The van der Waals surface area contributed by atoms with Crippen LogP contribution in [0, 0.1) is 5.92 Å². The number of carbonyl (C=O) groups excluding carboxylic acids is 3. The third kappa shape index (κ3) is 3.52. The lowest BCUT2D eigenvalue weighted by Crippen LogP contribution is -2.36. The number of benzene rings is 1. The molecular formula is C20H21N3O4S. The topological polar surface area (TPSA) is 88.6 Å². The first kappa shape index (κ1) is 18.6. The monoisotopic (exact) mass is 399 g/mol. The van der Waals surface area contributed by atoms with E-state index in [0.717, 1.165) is 36.1 Å². The second kappa shape index (κ2) is 7.35. The first-order valence-corrected chi connectivity index (χ1v) is 10.3. The molecule has 1 aliphatic heterocycles. The van der Waals surface area contributed by atoms with Gasteiger partial charge in [-0.3, -0.25) is 14.9 Å². The highest BCUT2D eigenvalue weighted by atomic mass is 32.1. The van der Waals surface area contributed by atoms with E-state index in [2.05, 4.69) is 28.0 Å². The number of aromatic nitrogens is 1. The molecule has 1 unspecified atom stereocenters. The molecule has 2 heterocycles. The second-order valence-corrected chi connectivity index (χ2v) is 7.95. The molecule has 146 valence electrons. The fourth-order valence-corrected chi connectivity index (χ4v) is 4.18. The number of fused-ring (bicyclic) bond motifs is 1. The van der Waals surface area contributed by atoms with E-state index in [4.69, 9.17) is 0 Å². The number of hydrogen-bond acceptors (Lipinski definition) is 6. The highest BCUT2D eigenvalue weighted by Gasteiger charge is 2.39. The molecule has 0 bridgehead atoms. The van der Waals surface area contributed by atoms with Crippen molar-refractivity contribution in [3.05, 3.63) is 29.1 Å². The van der Waals surface area contributed by atoms with Gasteiger partial charge < -0.3 is 9.64 Å². The Morgan fingerprint density at radius 1 is 1.32 bits per heavy atom. The Morgan fingerprint density at radius 3 is 2.82 bits per heavy atom. The van der Waals surface area contributed by atoms with Crippen LogP contribution in [-0.4, -0.2) is 35.4 Å². The maximum atomic E-state index is 12.6. The van der Waals surface area contributed by atoms with Crippen LogP contribution in [0.3, 0.4) is 0 Å². The van der Waals surface area contributed by atoms with Gasteiger partial charge in [0.25, 0.3) is 0 Å². The van der Waals surface area contributed by atoms with Gasteiger partial charge in [-0.2, -0.15) is 0 Å². The summed E-state index contributed by atoms with van der Waals surface area (Å²) in [4.78, 5) is 42.1. The summed E-state index contributed by atoms with van der Waals surface area (Å²) in [7, 11) is 0. The van der Waals surface area contributed by atoms with Gasteiger partial charge in [-0.05, 0) is 50.8 Å². The number of rotatable bonds is 4. The molecule has 1 N–H and O–H groups in total. The van der Waals surface area contributed by atoms with Crippen molar-refractivity contribution in [2.24, 2.45) is 5.92 Å². The van der Waals surface area contributed by atoms with Crippen LogP contribution in [0.25, 0.3) is 11.3 Å². The van der Waals surface area contributed by atoms with Gasteiger partial charge in [-0.15, -0.1) is 11.3 Å². The minimum atomic E-state index is -0.925. The Labute approximate surface area is 166 Å². The summed E-state index contributed by atoms with van der Waals surface area (Å²) in [5, 5.41) is 4.63. The number of amides is 2. The summed E-state index contributed by atoms with van der Waals surface area (Å²) in [6.45, 7) is 3.86. The molecule has 28 heavy (non-hydrogen) atoms. The number of nitrogens with zero attached hydrogens (tertiary/aromatic N) is 2. The van der Waals surface area contributed by atoms with Crippen molar-refractivity contribution in [1.82, 2.24) is 4.98 Å². The van der Waals surface area contributed by atoms with Gasteiger partial charge >= 0.3 is 11.9 Å². The van der Waals surface area contributed by atoms with Crippen molar-refractivity contribution in [3.8, 4) is 11.3 Å². The molecule has 0 saturated heterocycles. The highest BCUT2D eigenvalue weighted by Crippen LogP contribution is 2.40. The highest BCUT2D eigenvalue weighted by molar-refractivity contribution is 7.14. The molecule has 1 atom stereocenters. The van der Waals surface area contributed by atoms with E-state index in [1.807, 2.05) is 22.4 Å². The van der Waals surface area contributed by atoms with Crippen LogP contribution in [0.15, 0.2) is 23.6 Å². The molecule has 2 aliphatic rings. The summed E-state index contributed by atoms with van der Waals surface area (Å²) in [5.41, 5.74) is 3.74. The number of thiazole rings is 1. The zero-order chi connectivity index (χ0) is 19.8. The van der Waals surface area contributed by atoms with E-state index in [-0.39, 0.29) is 24.5 Å². The molecule has 0 radical (unpaired) electrons. The van der Waals surface area contributed by atoms with E-state index >= 15 is 0 Å². The molecule has 8 heteroatoms. The van der Waals surface area contributed by atoms with Crippen LogP contribution >= 0.6 is 11.3 Å². The number of esters is 1. The minimum Gasteiger partial charge on any atom is -0.459 e. The van der Waals surface area contributed by atoms with Crippen LogP contribution in [0.2, 0.25) is 0 Å².